The number of fused-ring (bicyclic) bond motifs is 2. The highest BCUT2D eigenvalue weighted by atomic mass is 19.4. The number of nitrogens with zero attached hydrogens (tertiary/aromatic N) is 8. The van der Waals surface area contributed by atoms with Crippen molar-refractivity contribution in [3.63, 3.8) is 0 Å². The molecule has 1 aliphatic heterocycles. The Labute approximate surface area is 161 Å². The molecule has 0 atom stereocenters. The van der Waals surface area contributed by atoms with Crippen LogP contribution < -0.4 is 16.0 Å². The van der Waals surface area contributed by atoms with Crippen molar-refractivity contribution in [1.29, 1.82) is 0 Å². The first-order chi connectivity index (χ1) is 13.9. The summed E-state index contributed by atoms with van der Waals surface area (Å²) in [6, 6.07) is 3.77. The zero-order chi connectivity index (χ0) is 20.0. The zero-order valence-electron chi connectivity index (χ0n) is 14.7. The molecule has 0 bridgehead atoms. The third-order valence-corrected chi connectivity index (χ3v) is 4.27. The standard InChI is InChI=1S/C16H13F3N10/c17-16(18,19)8-27-7-11(3-22-27)12-4-20-14-15(24-12)29(26-25-14)6-10-1-2-13-21-9-23-28(13)5-10/h1-5,7,9,26H,6,8H2,(H,20,25). The van der Waals surface area contributed by atoms with Crippen LogP contribution in [0.3, 0.4) is 0 Å². The summed E-state index contributed by atoms with van der Waals surface area (Å²) in [5.74, 6) is 1.03. The van der Waals surface area contributed by atoms with Crippen LogP contribution in [0.4, 0.5) is 24.8 Å². The summed E-state index contributed by atoms with van der Waals surface area (Å²) in [4.78, 5) is 12.9. The van der Waals surface area contributed by atoms with Crippen LogP contribution in [0.15, 0.2) is 43.2 Å². The van der Waals surface area contributed by atoms with Crippen LogP contribution in [0.25, 0.3) is 16.9 Å². The summed E-state index contributed by atoms with van der Waals surface area (Å²) in [6.45, 7) is -0.716. The first kappa shape index (κ1) is 17.4. The van der Waals surface area contributed by atoms with E-state index in [0.29, 0.717) is 29.4 Å². The van der Waals surface area contributed by atoms with Gasteiger partial charge in [0.05, 0.1) is 24.6 Å². The van der Waals surface area contributed by atoms with E-state index in [4.69, 9.17) is 0 Å². The summed E-state index contributed by atoms with van der Waals surface area (Å²) in [5, 5.41) is 9.60. The average Bonchev–Trinajstić information content (AvgIpc) is 3.40. The summed E-state index contributed by atoms with van der Waals surface area (Å²) in [7, 11) is 0. The minimum atomic E-state index is -4.34. The molecule has 4 aromatic rings. The molecule has 0 fully saturated rings. The second kappa shape index (κ2) is 6.41. The lowest BCUT2D eigenvalue weighted by molar-refractivity contribution is -0.142. The molecule has 10 nitrogen and oxygen atoms in total. The van der Waals surface area contributed by atoms with Crippen molar-refractivity contribution < 1.29 is 13.2 Å². The van der Waals surface area contributed by atoms with Crippen molar-refractivity contribution in [3.05, 3.63) is 48.8 Å². The van der Waals surface area contributed by atoms with Gasteiger partial charge in [0, 0.05) is 18.0 Å². The van der Waals surface area contributed by atoms with Gasteiger partial charge in [-0.15, -0.1) is 5.53 Å². The van der Waals surface area contributed by atoms with Crippen LogP contribution in [0.2, 0.25) is 0 Å². The van der Waals surface area contributed by atoms with Gasteiger partial charge < -0.3 is 0 Å². The number of hydrogen-bond donors (Lipinski definition) is 2. The number of nitrogens with one attached hydrogen (secondary N) is 2. The molecule has 0 unspecified atom stereocenters. The second-order valence-electron chi connectivity index (χ2n) is 6.39. The smallest absolute Gasteiger partial charge is 0.285 e. The summed E-state index contributed by atoms with van der Waals surface area (Å²) >= 11 is 0. The fourth-order valence-electron chi connectivity index (χ4n) is 2.98. The van der Waals surface area contributed by atoms with Crippen LogP contribution >= 0.6 is 0 Å². The number of alkyl halides is 3. The van der Waals surface area contributed by atoms with Gasteiger partial charge >= 0.3 is 6.18 Å². The molecular weight excluding hydrogens is 389 g/mol. The van der Waals surface area contributed by atoms with Crippen LogP contribution in [0.1, 0.15) is 5.56 Å². The normalized spacial score (nSPS) is 13.7. The quantitative estimate of drug-likeness (QED) is 0.533. The van der Waals surface area contributed by atoms with Crippen LogP contribution in [-0.4, -0.2) is 40.5 Å². The summed E-state index contributed by atoms with van der Waals surface area (Å²) in [6.07, 6.45) is 3.08. The van der Waals surface area contributed by atoms with Gasteiger partial charge in [-0.1, -0.05) is 6.07 Å². The maximum absolute atomic E-state index is 12.5. The van der Waals surface area contributed by atoms with Gasteiger partial charge in [-0.2, -0.15) is 23.4 Å². The van der Waals surface area contributed by atoms with E-state index in [1.54, 1.807) is 9.52 Å². The maximum atomic E-state index is 12.5. The van der Waals surface area contributed by atoms with Gasteiger partial charge in [0.15, 0.2) is 17.3 Å². The highest BCUT2D eigenvalue weighted by molar-refractivity contribution is 5.69. The van der Waals surface area contributed by atoms with E-state index in [1.165, 1.54) is 24.9 Å². The number of anilines is 2. The summed E-state index contributed by atoms with van der Waals surface area (Å²) < 4.78 is 40.1. The van der Waals surface area contributed by atoms with Crippen LogP contribution in [0, 0.1) is 0 Å². The van der Waals surface area contributed by atoms with E-state index in [2.05, 4.69) is 36.1 Å². The number of rotatable bonds is 4. The highest BCUT2D eigenvalue weighted by Crippen LogP contribution is 2.29. The molecule has 5 rings (SSSR count). The molecule has 0 spiro atoms. The van der Waals surface area contributed by atoms with E-state index in [-0.39, 0.29) is 0 Å². The van der Waals surface area contributed by atoms with E-state index in [1.807, 2.05) is 18.3 Å². The molecule has 0 aliphatic carbocycles. The van der Waals surface area contributed by atoms with Crippen molar-refractivity contribution in [2.45, 2.75) is 19.3 Å². The molecule has 0 saturated heterocycles. The lowest BCUT2D eigenvalue weighted by Crippen LogP contribution is -2.35. The van der Waals surface area contributed by atoms with Gasteiger partial charge in [0.25, 0.3) is 0 Å². The molecule has 0 aromatic carbocycles. The van der Waals surface area contributed by atoms with Crippen molar-refractivity contribution in [3.8, 4) is 11.3 Å². The number of halogens is 3. The Morgan fingerprint density at radius 3 is 2.79 bits per heavy atom. The first-order valence-corrected chi connectivity index (χ1v) is 8.49. The van der Waals surface area contributed by atoms with Crippen molar-refractivity contribution >= 4 is 17.3 Å². The van der Waals surface area contributed by atoms with Gasteiger partial charge in [-0.3, -0.25) is 15.1 Å². The Bertz CT molecular complexity index is 1180. The van der Waals surface area contributed by atoms with E-state index in [9.17, 15) is 13.2 Å². The van der Waals surface area contributed by atoms with Crippen molar-refractivity contribution in [2.24, 2.45) is 0 Å². The number of pyridine rings is 1. The number of aromatic nitrogens is 7. The fraction of sp³-hybridized carbons (Fsp3) is 0.188. The van der Waals surface area contributed by atoms with Gasteiger partial charge in [0.1, 0.15) is 12.9 Å². The predicted molar refractivity (Wildman–Crippen MR) is 95.2 cm³/mol. The SMILES string of the molecule is FC(F)(F)Cn1cc(-c2cnc3c(n2)N(Cc2ccc4ncnn4c2)NN3)cn1. The van der Waals surface area contributed by atoms with E-state index >= 15 is 0 Å². The molecule has 0 amide bonds. The van der Waals surface area contributed by atoms with Gasteiger partial charge in [-0.05, 0) is 11.6 Å². The first-order valence-electron chi connectivity index (χ1n) is 8.49. The molecule has 2 N–H and O–H groups in total. The van der Waals surface area contributed by atoms with Crippen molar-refractivity contribution in [2.75, 3.05) is 10.4 Å². The monoisotopic (exact) mass is 402 g/mol. The maximum Gasteiger partial charge on any atom is 0.408 e. The predicted octanol–water partition coefficient (Wildman–Crippen LogP) is 1.80. The van der Waals surface area contributed by atoms with E-state index < -0.39 is 12.7 Å². The molecule has 4 aromatic heterocycles. The van der Waals surface area contributed by atoms with Gasteiger partial charge in [0.2, 0.25) is 0 Å². The number of hydrogen-bond acceptors (Lipinski definition) is 8. The molecule has 0 radical (unpaired) electrons. The molecular formula is C16H13F3N10. The largest absolute Gasteiger partial charge is 0.408 e. The van der Waals surface area contributed by atoms with Crippen molar-refractivity contribution in [1.82, 2.24) is 39.9 Å². The van der Waals surface area contributed by atoms with Crippen LogP contribution in [0.5, 0.6) is 0 Å². The highest BCUT2D eigenvalue weighted by Gasteiger charge is 2.29. The molecule has 148 valence electrons. The minimum absolute atomic E-state index is 0.416. The molecule has 5 heterocycles. The second-order valence-corrected chi connectivity index (χ2v) is 6.39. The van der Waals surface area contributed by atoms with Gasteiger partial charge in [-0.25, -0.2) is 19.5 Å². The Morgan fingerprint density at radius 1 is 1.03 bits per heavy atom. The Balaban J connectivity index is 1.40. The summed E-state index contributed by atoms with van der Waals surface area (Å²) in [5.41, 5.74) is 8.42. The molecule has 13 heteroatoms. The Morgan fingerprint density at radius 2 is 1.93 bits per heavy atom. The third-order valence-electron chi connectivity index (χ3n) is 4.27. The minimum Gasteiger partial charge on any atom is -0.285 e. The lowest BCUT2D eigenvalue weighted by atomic mass is 10.2. The number of hydrazine groups is 2. The van der Waals surface area contributed by atoms with E-state index in [0.717, 1.165) is 15.9 Å². The average molecular weight is 402 g/mol. The third kappa shape index (κ3) is 3.42. The molecule has 29 heavy (non-hydrogen) atoms. The topological polar surface area (TPSA) is 101 Å². The molecule has 0 saturated carbocycles. The fourth-order valence-corrected chi connectivity index (χ4v) is 2.98. The lowest BCUT2D eigenvalue weighted by Gasteiger charge is -2.16. The Hall–Kier alpha value is -3.74. The Kier molecular flexibility index (Phi) is 3.84. The zero-order valence-corrected chi connectivity index (χ0v) is 14.7. The van der Waals surface area contributed by atoms with Crippen LogP contribution in [-0.2, 0) is 13.1 Å². The molecule has 1 aliphatic rings.